The number of ether oxygens (including phenoxy) is 1. The zero-order chi connectivity index (χ0) is 15.4. The minimum Gasteiger partial charge on any atom is -0.491 e. The van der Waals surface area contributed by atoms with E-state index >= 15 is 0 Å². The third-order valence-corrected chi connectivity index (χ3v) is 4.60. The fourth-order valence-electron chi connectivity index (χ4n) is 3.48. The highest BCUT2D eigenvalue weighted by molar-refractivity contribution is 5.47. The highest BCUT2D eigenvalue weighted by atomic mass is 16.5. The van der Waals surface area contributed by atoms with Gasteiger partial charge in [-0.1, -0.05) is 27.2 Å². The van der Waals surface area contributed by atoms with Crippen molar-refractivity contribution >= 4 is 5.69 Å². The van der Waals surface area contributed by atoms with Crippen LogP contribution in [0.5, 0.6) is 5.75 Å². The minimum atomic E-state index is 0.230. The third kappa shape index (κ3) is 4.66. The largest absolute Gasteiger partial charge is 0.491 e. The fraction of sp³-hybridized carbons (Fsp3) is 0.684. The quantitative estimate of drug-likeness (QED) is 0.789. The van der Waals surface area contributed by atoms with Crippen LogP contribution in [-0.2, 0) is 0 Å². The summed E-state index contributed by atoms with van der Waals surface area (Å²) in [6, 6.07) is 9.03. The molecule has 1 aromatic rings. The molecule has 0 heterocycles. The van der Waals surface area contributed by atoms with Crippen LogP contribution in [-0.4, -0.2) is 12.1 Å². The summed E-state index contributed by atoms with van der Waals surface area (Å²) in [6.07, 6.45) is 4.24. The van der Waals surface area contributed by atoms with E-state index in [0.29, 0.717) is 6.04 Å². The monoisotopic (exact) mass is 289 g/mol. The summed E-state index contributed by atoms with van der Waals surface area (Å²) in [7, 11) is 0. The van der Waals surface area contributed by atoms with Crippen molar-refractivity contribution in [1.29, 1.82) is 0 Å². The lowest BCUT2D eigenvalue weighted by Crippen LogP contribution is -2.37. The molecule has 1 N–H and O–H groups in total. The molecule has 0 saturated heterocycles. The van der Waals surface area contributed by atoms with Crippen molar-refractivity contribution in [3.8, 4) is 5.75 Å². The number of benzene rings is 1. The predicted molar refractivity (Wildman–Crippen MR) is 91.0 cm³/mol. The number of anilines is 1. The van der Waals surface area contributed by atoms with Gasteiger partial charge in [-0.2, -0.15) is 0 Å². The minimum absolute atomic E-state index is 0.230. The summed E-state index contributed by atoms with van der Waals surface area (Å²) in [4.78, 5) is 0. The first-order valence-electron chi connectivity index (χ1n) is 8.49. The average Bonchev–Trinajstić information content (AvgIpc) is 2.40. The maximum absolute atomic E-state index is 5.71. The molecule has 0 aliphatic heterocycles. The Bertz CT molecular complexity index is 424. The second-order valence-electron chi connectivity index (χ2n) is 7.27. The molecule has 21 heavy (non-hydrogen) atoms. The molecule has 1 aliphatic rings. The van der Waals surface area contributed by atoms with E-state index in [1.165, 1.54) is 24.9 Å². The van der Waals surface area contributed by atoms with Crippen LogP contribution in [0.25, 0.3) is 0 Å². The summed E-state index contributed by atoms with van der Waals surface area (Å²) in [5, 5.41) is 3.77. The molecule has 118 valence electrons. The van der Waals surface area contributed by atoms with Gasteiger partial charge >= 0.3 is 0 Å². The van der Waals surface area contributed by atoms with E-state index in [0.717, 1.165) is 23.5 Å². The van der Waals surface area contributed by atoms with E-state index in [2.05, 4.69) is 64.2 Å². The molecule has 3 atom stereocenters. The van der Waals surface area contributed by atoms with E-state index in [9.17, 15) is 0 Å². The molecule has 0 radical (unpaired) electrons. The summed E-state index contributed by atoms with van der Waals surface area (Å²) in [5.41, 5.74) is 1.22. The number of nitrogens with one attached hydrogen (secondary N) is 1. The summed E-state index contributed by atoms with van der Waals surface area (Å²) >= 11 is 0. The Labute approximate surface area is 130 Å². The van der Waals surface area contributed by atoms with Gasteiger partial charge in [0.2, 0.25) is 0 Å². The van der Waals surface area contributed by atoms with Crippen LogP contribution in [0.15, 0.2) is 24.3 Å². The highest BCUT2D eigenvalue weighted by Gasteiger charge is 2.30. The van der Waals surface area contributed by atoms with Crippen molar-refractivity contribution in [2.75, 3.05) is 5.32 Å². The fourth-order valence-corrected chi connectivity index (χ4v) is 3.48. The lowest BCUT2D eigenvalue weighted by atomic mass is 9.74. The molecule has 0 bridgehead atoms. The summed E-state index contributed by atoms with van der Waals surface area (Å²) < 4.78 is 5.71. The molecular formula is C19H31NO. The van der Waals surface area contributed by atoms with Crippen LogP contribution >= 0.6 is 0 Å². The Balaban J connectivity index is 2.01. The first kappa shape index (κ1) is 16.2. The second kappa shape index (κ2) is 7.20. The molecule has 1 saturated carbocycles. The first-order valence-corrected chi connectivity index (χ1v) is 8.49. The number of hydrogen-bond donors (Lipinski definition) is 1. The molecule has 0 aromatic heterocycles. The Morgan fingerprint density at radius 2 is 1.71 bits per heavy atom. The van der Waals surface area contributed by atoms with Crippen molar-refractivity contribution in [3.63, 3.8) is 0 Å². The molecule has 2 rings (SSSR count). The van der Waals surface area contributed by atoms with Crippen LogP contribution < -0.4 is 10.1 Å². The van der Waals surface area contributed by atoms with E-state index in [1.807, 2.05) is 0 Å². The first-order chi connectivity index (χ1) is 9.95. The van der Waals surface area contributed by atoms with Crippen LogP contribution in [0.1, 0.15) is 53.9 Å². The van der Waals surface area contributed by atoms with Crippen molar-refractivity contribution in [2.45, 2.75) is 66.0 Å². The smallest absolute Gasteiger partial charge is 0.119 e. The van der Waals surface area contributed by atoms with Crippen LogP contribution in [0.3, 0.4) is 0 Å². The zero-order valence-corrected chi connectivity index (χ0v) is 14.2. The van der Waals surface area contributed by atoms with E-state index in [1.54, 1.807) is 0 Å². The Hall–Kier alpha value is -1.18. The Kier molecular flexibility index (Phi) is 5.55. The Morgan fingerprint density at radius 3 is 2.29 bits per heavy atom. The average molecular weight is 289 g/mol. The van der Waals surface area contributed by atoms with Crippen molar-refractivity contribution in [1.82, 2.24) is 0 Å². The molecule has 3 unspecified atom stereocenters. The van der Waals surface area contributed by atoms with Crippen molar-refractivity contribution < 1.29 is 4.74 Å². The third-order valence-electron chi connectivity index (χ3n) is 4.60. The molecule has 2 nitrogen and oxygen atoms in total. The molecule has 2 heteroatoms. The zero-order valence-electron chi connectivity index (χ0n) is 14.2. The van der Waals surface area contributed by atoms with Crippen LogP contribution in [0.2, 0.25) is 0 Å². The van der Waals surface area contributed by atoms with Gasteiger partial charge in [0.05, 0.1) is 6.10 Å². The summed E-state index contributed by atoms with van der Waals surface area (Å²) in [6.45, 7) is 11.2. The molecule has 0 amide bonds. The molecule has 1 fully saturated rings. The van der Waals surface area contributed by atoms with Crippen LogP contribution in [0, 0.1) is 17.8 Å². The normalized spacial score (nSPS) is 26.1. The maximum Gasteiger partial charge on any atom is 0.119 e. The van der Waals surface area contributed by atoms with Crippen molar-refractivity contribution in [2.24, 2.45) is 17.8 Å². The van der Waals surface area contributed by atoms with Gasteiger partial charge < -0.3 is 10.1 Å². The van der Waals surface area contributed by atoms with Gasteiger partial charge in [0.25, 0.3) is 0 Å². The Morgan fingerprint density at radius 1 is 1.05 bits per heavy atom. The van der Waals surface area contributed by atoms with Gasteiger partial charge in [-0.15, -0.1) is 0 Å². The molecule has 1 aliphatic carbocycles. The van der Waals surface area contributed by atoms with Crippen LogP contribution in [0.4, 0.5) is 5.69 Å². The SMILES string of the molecule is CC1CCC(C(C)C)C(Nc2ccc(OC(C)C)cc2)C1. The second-order valence-corrected chi connectivity index (χ2v) is 7.27. The van der Waals surface area contributed by atoms with Gasteiger partial charge in [-0.25, -0.2) is 0 Å². The van der Waals surface area contributed by atoms with Gasteiger partial charge in [0, 0.05) is 11.7 Å². The highest BCUT2D eigenvalue weighted by Crippen LogP contribution is 2.35. The van der Waals surface area contributed by atoms with Gasteiger partial charge in [-0.05, 0) is 68.7 Å². The van der Waals surface area contributed by atoms with E-state index in [-0.39, 0.29) is 6.10 Å². The van der Waals surface area contributed by atoms with E-state index in [4.69, 9.17) is 4.74 Å². The number of hydrogen-bond acceptors (Lipinski definition) is 2. The van der Waals surface area contributed by atoms with Gasteiger partial charge in [-0.3, -0.25) is 0 Å². The molecular weight excluding hydrogens is 258 g/mol. The molecule has 1 aromatic carbocycles. The van der Waals surface area contributed by atoms with Gasteiger partial charge in [0.1, 0.15) is 5.75 Å². The lowest BCUT2D eigenvalue weighted by molar-refractivity contribution is 0.212. The number of rotatable bonds is 5. The topological polar surface area (TPSA) is 21.3 Å². The summed E-state index contributed by atoms with van der Waals surface area (Å²) in [5.74, 6) is 3.32. The van der Waals surface area contributed by atoms with Gasteiger partial charge in [0.15, 0.2) is 0 Å². The van der Waals surface area contributed by atoms with E-state index < -0.39 is 0 Å². The predicted octanol–water partition coefficient (Wildman–Crippen LogP) is 5.35. The van der Waals surface area contributed by atoms with Crippen molar-refractivity contribution in [3.05, 3.63) is 24.3 Å². The maximum atomic E-state index is 5.71. The molecule has 0 spiro atoms. The lowest BCUT2D eigenvalue weighted by Gasteiger charge is -2.38. The standard InChI is InChI=1S/C19H31NO/c1-13(2)18-11-6-15(5)12-19(18)20-16-7-9-17(10-8-16)21-14(3)4/h7-10,13-15,18-20H,6,11-12H2,1-5H3.